The summed E-state index contributed by atoms with van der Waals surface area (Å²) in [5, 5.41) is 3.10. The molecule has 0 aliphatic heterocycles. The molecule has 1 unspecified atom stereocenters. The van der Waals surface area contributed by atoms with Crippen molar-refractivity contribution in [2.24, 2.45) is 0 Å². The Morgan fingerprint density at radius 1 is 1.56 bits per heavy atom. The van der Waals surface area contributed by atoms with Crippen LogP contribution in [0.4, 0.5) is 0 Å². The third-order valence-corrected chi connectivity index (χ3v) is 1.14. The Labute approximate surface area is 62.2 Å². The molecule has 0 aliphatic carbocycles. The molecule has 0 spiro atoms. The zero-order chi connectivity index (χ0) is 7.28. The molecule has 2 nitrogen and oxygen atoms in total. The van der Waals surface area contributed by atoms with E-state index in [2.05, 4.69) is 10.2 Å². The molecule has 3 heteroatoms. The fourth-order valence-electron chi connectivity index (χ4n) is 0.487. The van der Waals surface area contributed by atoms with E-state index in [4.69, 9.17) is 11.6 Å². The molecule has 0 heterocycles. The number of likely N-dealkylation sites (N-methyl/N-ethyl adjacent to an activating group) is 1. The fourth-order valence-corrected chi connectivity index (χ4v) is 0.596. The van der Waals surface area contributed by atoms with Crippen LogP contribution in [0.5, 0.6) is 0 Å². The second-order valence-electron chi connectivity index (χ2n) is 2.37. The highest BCUT2D eigenvalue weighted by atomic mass is 35.5. The zero-order valence-corrected chi connectivity index (χ0v) is 7.07. The van der Waals surface area contributed by atoms with Gasteiger partial charge in [0.15, 0.2) is 0 Å². The molecule has 0 rings (SSSR count). The third kappa shape index (κ3) is 8.21. The summed E-state index contributed by atoms with van der Waals surface area (Å²) < 4.78 is 0. The van der Waals surface area contributed by atoms with E-state index in [0.717, 1.165) is 13.1 Å². The maximum atomic E-state index is 5.63. The van der Waals surface area contributed by atoms with Crippen molar-refractivity contribution in [3.8, 4) is 0 Å². The number of nitrogens with zero attached hydrogens (tertiary/aromatic N) is 1. The summed E-state index contributed by atoms with van der Waals surface area (Å²) in [6.45, 7) is 3.92. The van der Waals surface area contributed by atoms with E-state index in [1.165, 1.54) is 0 Å². The Morgan fingerprint density at radius 3 is 2.44 bits per heavy atom. The molecule has 0 aliphatic rings. The Kier molecular flexibility index (Phi) is 5.15. The topological polar surface area (TPSA) is 15.3 Å². The van der Waals surface area contributed by atoms with Gasteiger partial charge in [-0.15, -0.1) is 11.6 Å². The van der Waals surface area contributed by atoms with Crippen LogP contribution >= 0.6 is 11.6 Å². The summed E-state index contributed by atoms with van der Waals surface area (Å²) in [5.41, 5.74) is 0.0879. The Morgan fingerprint density at radius 2 is 2.11 bits per heavy atom. The van der Waals surface area contributed by atoms with Crippen LogP contribution in [0.3, 0.4) is 0 Å². The molecule has 1 N–H and O–H groups in total. The number of hydrogen-bond acceptors (Lipinski definition) is 2. The average molecular weight is 151 g/mol. The molecule has 0 saturated carbocycles. The minimum Gasteiger partial charge on any atom is -0.308 e. The summed E-state index contributed by atoms with van der Waals surface area (Å²) in [4.78, 5) is 2.12. The van der Waals surface area contributed by atoms with Crippen LogP contribution in [-0.2, 0) is 0 Å². The van der Waals surface area contributed by atoms with Gasteiger partial charge in [-0.05, 0) is 21.0 Å². The predicted molar refractivity (Wildman–Crippen MR) is 41.9 cm³/mol. The lowest BCUT2D eigenvalue weighted by molar-refractivity contribution is 0.399. The maximum Gasteiger partial charge on any atom is 0.0797 e. The summed E-state index contributed by atoms with van der Waals surface area (Å²) in [7, 11) is 4.08. The summed E-state index contributed by atoms with van der Waals surface area (Å²) in [6, 6.07) is 0. The van der Waals surface area contributed by atoms with Crippen LogP contribution in [0, 0.1) is 0 Å². The lowest BCUT2D eigenvalue weighted by Crippen LogP contribution is -2.29. The molecule has 0 radical (unpaired) electrons. The van der Waals surface area contributed by atoms with E-state index in [0.29, 0.717) is 0 Å². The first-order valence-corrected chi connectivity index (χ1v) is 3.58. The first-order chi connectivity index (χ1) is 4.13. The monoisotopic (exact) mass is 150 g/mol. The van der Waals surface area contributed by atoms with E-state index in [1.54, 1.807) is 0 Å². The van der Waals surface area contributed by atoms with E-state index >= 15 is 0 Å². The van der Waals surface area contributed by atoms with E-state index in [9.17, 15) is 0 Å². The molecule has 0 aromatic carbocycles. The van der Waals surface area contributed by atoms with Gasteiger partial charge >= 0.3 is 0 Å². The zero-order valence-electron chi connectivity index (χ0n) is 6.32. The molecular formula is C6H15ClN2. The quantitative estimate of drug-likeness (QED) is 0.470. The second-order valence-corrected chi connectivity index (χ2v) is 3.03. The molecule has 0 fully saturated rings. The Bertz CT molecular complexity index is 56.1. The van der Waals surface area contributed by atoms with Crippen LogP contribution in [0.15, 0.2) is 0 Å². The number of nitrogens with one attached hydrogen (secondary N) is 1. The molecule has 0 amide bonds. The van der Waals surface area contributed by atoms with Gasteiger partial charge in [0.05, 0.1) is 5.50 Å². The Balaban J connectivity index is 2.91. The Hall–Kier alpha value is 0.210. The molecular weight excluding hydrogens is 136 g/mol. The van der Waals surface area contributed by atoms with Crippen LogP contribution in [0.1, 0.15) is 6.92 Å². The number of hydrogen-bond donors (Lipinski definition) is 1. The highest BCUT2D eigenvalue weighted by Gasteiger charge is 1.92. The van der Waals surface area contributed by atoms with Crippen molar-refractivity contribution in [2.75, 3.05) is 27.2 Å². The number of rotatable bonds is 4. The minimum atomic E-state index is 0.0879. The van der Waals surface area contributed by atoms with Gasteiger partial charge in [0, 0.05) is 13.1 Å². The van der Waals surface area contributed by atoms with Crippen LogP contribution in [-0.4, -0.2) is 37.6 Å². The fraction of sp³-hybridized carbons (Fsp3) is 1.00. The van der Waals surface area contributed by atoms with Crippen molar-refractivity contribution in [3.05, 3.63) is 0 Å². The third-order valence-electron chi connectivity index (χ3n) is 0.985. The van der Waals surface area contributed by atoms with Crippen LogP contribution in [0.2, 0.25) is 0 Å². The molecule has 0 bridgehead atoms. The van der Waals surface area contributed by atoms with Crippen LogP contribution < -0.4 is 5.32 Å². The predicted octanol–water partition coefficient (Wildman–Crippen LogP) is 0.722. The van der Waals surface area contributed by atoms with Crippen molar-refractivity contribution in [2.45, 2.75) is 12.4 Å². The normalized spacial score (nSPS) is 14.3. The van der Waals surface area contributed by atoms with Crippen LogP contribution in [0.25, 0.3) is 0 Å². The standard InChI is InChI=1S/C6H15ClN2/c1-6(7)8-4-5-9(2)3/h6,8H,4-5H2,1-3H3. The van der Waals surface area contributed by atoms with Crippen molar-refractivity contribution >= 4 is 11.6 Å². The largest absolute Gasteiger partial charge is 0.308 e. The van der Waals surface area contributed by atoms with Crippen molar-refractivity contribution in [1.29, 1.82) is 0 Å². The van der Waals surface area contributed by atoms with Gasteiger partial charge in [0.2, 0.25) is 0 Å². The first kappa shape index (κ1) is 9.21. The molecule has 56 valence electrons. The lowest BCUT2D eigenvalue weighted by Gasteiger charge is -2.10. The number of alkyl halides is 1. The van der Waals surface area contributed by atoms with Gasteiger partial charge in [-0.2, -0.15) is 0 Å². The van der Waals surface area contributed by atoms with E-state index < -0.39 is 0 Å². The molecule has 0 aromatic rings. The van der Waals surface area contributed by atoms with Gasteiger partial charge in [-0.1, -0.05) is 0 Å². The lowest BCUT2D eigenvalue weighted by atomic mass is 10.5. The maximum absolute atomic E-state index is 5.63. The molecule has 9 heavy (non-hydrogen) atoms. The minimum absolute atomic E-state index is 0.0879. The summed E-state index contributed by atoms with van der Waals surface area (Å²) in [5.74, 6) is 0. The molecule has 1 atom stereocenters. The van der Waals surface area contributed by atoms with Gasteiger partial charge in [-0.25, -0.2) is 0 Å². The van der Waals surface area contributed by atoms with Gasteiger partial charge in [-0.3, -0.25) is 0 Å². The van der Waals surface area contributed by atoms with Gasteiger partial charge in [0.25, 0.3) is 0 Å². The van der Waals surface area contributed by atoms with Crippen molar-refractivity contribution in [1.82, 2.24) is 10.2 Å². The van der Waals surface area contributed by atoms with Crippen molar-refractivity contribution < 1.29 is 0 Å². The molecule has 0 saturated heterocycles. The summed E-state index contributed by atoms with van der Waals surface area (Å²) in [6.07, 6.45) is 0. The highest BCUT2D eigenvalue weighted by Crippen LogP contribution is 1.84. The number of halogens is 1. The summed E-state index contributed by atoms with van der Waals surface area (Å²) >= 11 is 5.63. The van der Waals surface area contributed by atoms with Gasteiger partial charge in [0.1, 0.15) is 0 Å². The van der Waals surface area contributed by atoms with Crippen molar-refractivity contribution in [3.63, 3.8) is 0 Å². The first-order valence-electron chi connectivity index (χ1n) is 3.15. The highest BCUT2D eigenvalue weighted by molar-refractivity contribution is 6.20. The average Bonchev–Trinajstić information content (AvgIpc) is 1.63. The van der Waals surface area contributed by atoms with E-state index in [1.807, 2.05) is 21.0 Å². The second kappa shape index (κ2) is 5.03. The van der Waals surface area contributed by atoms with Gasteiger partial charge < -0.3 is 10.2 Å². The molecule has 0 aromatic heterocycles. The SMILES string of the molecule is CC(Cl)NCCN(C)C. The smallest absolute Gasteiger partial charge is 0.0797 e. The van der Waals surface area contributed by atoms with E-state index in [-0.39, 0.29) is 5.50 Å².